The maximum Gasteiger partial charge on any atom is 0.344 e. The van der Waals surface area contributed by atoms with Crippen molar-refractivity contribution in [3.8, 4) is 11.5 Å². The topological polar surface area (TPSA) is 61.8 Å². The van der Waals surface area contributed by atoms with E-state index in [1.54, 1.807) is 44.2 Å². The average molecular weight is 356 g/mol. The van der Waals surface area contributed by atoms with Gasteiger partial charge in [-0.2, -0.15) is 0 Å². The van der Waals surface area contributed by atoms with Crippen LogP contribution in [0.1, 0.15) is 29.8 Å². The predicted octanol–water partition coefficient (Wildman–Crippen LogP) is 3.77. The molecule has 0 atom stereocenters. The summed E-state index contributed by atoms with van der Waals surface area (Å²) in [6, 6.07) is 10.7. The largest absolute Gasteiger partial charge is 0.482 e. The van der Waals surface area contributed by atoms with E-state index in [2.05, 4.69) is 0 Å². The number of carbonyl (C=O) groups is 2. The number of hydrogen-bond donors (Lipinski definition) is 0. The molecule has 1 aliphatic rings. The molecule has 0 N–H and O–H groups in total. The van der Waals surface area contributed by atoms with Crippen LogP contribution >= 0.6 is 0 Å². The Morgan fingerprint density at radius 3 is 2.73 bits per heavy atom. The summed E-state index contributed by atoms with van der Waals surface area (Å²) in [5.74, 6) is -0.579. The number of Topliss-reactive ketones (excluding diaryl/α,β-unsaturated/α-hetero) is 1. The molecule has 1 heterocycles. The Kier molecular flexibility index (Phi) is 5.02. The number of allylic oxidation sites excluding steroid dienone is 1. The van der Waals surface area contributed by atoms with Crippen molar-refractivity contribution in [2.45, 2.75) is 20.0 Å². The van der Waals surface area contributed by atoms with Gasteiger partial charge in [0.25, 0.3) is 0 Å². The van der Waals surface area contributed by atoms with Gasteiger partial charge in [-0.25, -0.2) is 9.18 Å². The van der Waals surface area contributed by atoms with Crippen molar-refractivity contribution in [1.29, 1.82) is 0 Å². The van der Waals surface area contributed by atoms with Crippen LogP contribution in [-0.2, 0) is 9.53 Å². The lowest BCUT2D eigenvalue weighted by molar-refractivity contribution is -0.149. The van der Waals surface area contributed by atoms with Gasteiger partial charge in [-0.3, -0.25) is 4.79 Å². The molecule has 134 valence electrons. The van der Waals surface area contributed by atoms with Crippen LogP contribution in [0, 0.1) is 5.82 Å². The van der Waals surface area contributed by atoms with E-state index in [0.29, 0.717) is 17.1 Å². The second kappa shape index (κ2) is 7.39. The summed E-state index contributed by atoms with van der Waals surface area (Å²) in [7, 11) is 0. The Morgan fingerprint density at radius 1 is 1.23 bits per heavy atom. The minimum atomic E-state index is -0.488. The Balaban J connectivity index is 1.74. The molecule has 3 rings (SSSR count). The SMILES string of the molecule is CC(C)OC(=O)COc1ccc2c(c1)O/C(=C\c1ccccc1F)C2=O. The van der Waals surface area contributed by atoms with Crippen LogP contribution in [-0.4, -0.2) is 24.5 Å². The quantitative estimate of drug-likeness (QED) is 0.603. The van der Waals surface area contributed by atoms with E-state index in [4.69, 9.17) is 14.2 Å². The van der Waals surface area contributed by atoms with Crippen molar-refractivity contribution in [2.24, 2.45) is 0 Å². The van der Waals surface area contributed by atoms with Crippen LogP contribution in [0.2, 0.25) is 0 Å². The number of rotatable bonds is 5. The molecule has 2 aromatic rings. The maximum atomic E-state index is 13.8. The van der Waals surface area contributed by atoms with Gasteiger partial charge in [0.05, 0.1) is 11.7 Å². The molecule has 26 heavy (non-hydrogen) atoms. The first kappa shape index (κ1) is 17.7. The summed E-state index contributed by atoms with van der Waals surface area (Å²) in [6.07, 6.45) is 1.14. The third kappa shape index (κ3) is 3.91. The highest BCUT2D eigenvalue weighted by Gasteiger charge is 2.28. The first-order valence-corrected chi connectivity index (χ1v) is 8.09. The van der Waals surface area contributed by atoms with E-state index >= 15 is 0 Å². The third-order valence-corrected chi connectivity index (χ3v) is 3.56. The highest BCUT2D eigenvalue weighted by atomic mass is 19.1. The van der Waals surface area contributed by atoms with Crippen molar-refractivity contribution in [1.82, 2.24) is 0 Å². The number of ether oxygens (including phenoxy) is 3. The van der Waals surface area contributed by atoms with Crippen LogP contribution in [0.25, 0.3) is 6.08 Å². The second-order valence-corrected chi connectivity index (χ2v) is 5.95. The Morgan fingerprint density at radius 2 is 2.00 bits per heavy atom. The van der Waals surface area contributed by atoms with Crippen molar-refractivity contribution in [2.75, 3.05) is 6.61 Å². The zero-order chi connectivity index (χ0) is 18.7. The summed E-state index contributed by atoms with van der Waals surface area (Å²) in [4.78, 5) is 23.9. The minimum Gasteiger partial charge on any atom is -0.482 e. The fourth-order valence-electron chi connectivity index (χ4n) is 2.43. The summed E-state index contributed by atoms with van der Waals surface area (Å²) in [5, 5.41) is 0. The molecule has 6 heteroatoms. The second-order valence-electron chi connectivity index (χ2n) is 5.95. The summed E-state index contributed by atoms with van der Waals surface area (Å²) < 4.78 is 29.6. The van der Waals surface area contributed by atoms with Gasteiger partial charge in [0.1, 0.15) is 17.3 Å². The molecule has 0 bridgehead atoms. The Labute approximate surface area is 150 Å². The van der Waals surface area contributed by atoms with E-state index in [1.165, 1.54) is 18.2 Å². The molecule has 0 spiro atoms. The van der Waals surface area contributed by atoms with Gasteiger partial charge >= 0.3 is 5.97 Å². The molecule has 0 aromatic heterocycles. The van der Waals surface area contributed by atoms with Gasteiger partial charge in [-0.05, 0) is 38.1 Å². The zero-order valence-corrected chi connectivity index (χ0v) is 14.3. The Bertz CT molecular complexity index is 886. The van der Waals surface area contributed by atoms with Gasteiger partial charge in [0, 0.05) is 11.6 Å². The lowest BCUT2D eigenvalue weighted by Gasteiger charge is -2.09. The Hall–Kier alpha value is -3.15. The normalized spacial score (nSPS) is 14.3. The molecular formula is C20H17FO5. The molecule has 0 saturated heterocycles. The van der Waals surface area contributed by atoms with E-state index in [1.807, 2.05) is 0 Å². The number of carbonyl (C=O) groups excluding carboxylic acids is 2. The van der Waals surface area contributed by atoms with E-state index in [0.717, 1.165) is 0 Å². The molecule has 1 aliphatic heterocycles. The summed E-state index contributed by atoms with van der Waals surface area (Å²) >= 11 is 0. The van der Waals surface area contributed by atoms with Crippen LogP contribution in [0.4, 0.5) is 4.39 Å². The fourth-order valence-corrected chi connectivity index (χ4v) is 2.43. The zero-order valence-electron chi connectivity index (χ0n) is 14.3. The molecule has 2 aromatic carbocycles. The lowest BCUT2D eigenvalue weighted by Crippen LogP contribution is -2.18. The number of esters is 1. The molecule has 0 radical (unpaired) electrons. The van der Waals surface area contributed by atoms with Crippen LogP contribution in [0.3, 0.4) is 0 Å². The standard InChI is InChI=1S/C20H17FO5/c1-12(2)25-19(22)11-24-14-7-8-15-17(10-14)26-18(20(15)23)9-13-5-3-4-6-16(13)21/h3-10,12H,11H2,1-2H3/b18-9-. The highest BCUT2D eigenvalue weighted by molar-refractivity contribution is 6.14. The van der Waals surface area contributed by atoms with Gasteiger partial charge in [0.15, 0.2) is 12.4 Å². The summed E-state index contributed by atoms with van der Waals surface area (Å²) in [6.45, 7) is 3.25. The minimum absolute atomic E-state index is 0.0291. The predicted molar refractivity (Wildman–Crippen MR) is 92.5 cm³/mol. The number of benzene rings is 2. The van der Waals surface area contributed by atoms with E-state index in [9.17, 15) is 14.0 Å². The first-order valence-electron chi connectivity index (χ1n) is 8.09. The number of ketones is 1. The molecule has 0 unspecified atom stereocenters. The molecule has 0 aliphatic carbocycles. The van der Waals surface area contributed by atoms with Crippen molar-refractivity contribution in [3.05, 3.63) is 65.2 Å². The lowest BCUT2D eigenvalue weighted by atomic mass is 10.1. The van der Waals surface area contributed by atoms with Crippen molar-refractivity contribution < 1.29 is 28.2 Å². The van der Waals surface area contributed by atoms with Crippen LogP contribution in [0.5, 0.6) is 11.5 Å². The van der Waals surface area contributed by atoms with Crippen LogP contribution in [0.15, 0.2) is 48.2 Å². The number of halogens is 1. The average Bonchev–Trinajstić information content (AvgIpc) is 2.90. The number of fused-ring (bicyclic) bond motifs is 1. The number of hydrogen-bond acceptors (Lipinski definition) is 5. The highest BCUT2D eigenvalue weighted by Crippen LogP contribution is 2.35. The first-order chi connectivity index (χ1) is 12.4. The maximum absolute atomic E-state index is 13.8. The van der Waals surface area contributed by atoms with Crippen molar-refractivity contribution in [3.63, 3.8) is 0 Å². The fraction of sp³-hybridized carbons (Fsp3) is 0.200. The van der Waals surface area contributed by atoms with E-state index in [-0.39, 0.29) is 29.8 Å². The molecular weight excluding hydrogens is 339 g/mol. The van der Waals surface area contributed by atoms with Gasteiger partial charge in [0.2, 0.25) is 5.78 Å². The van der Waals surface area contributed by atoms with Crippen molar-refractivity contribution >= 4 is 17.8 Å². The van der Waals surface area contributed by atoms with Gasteiger partial charge in [-0.15, -0.1) is 0 Å². The molecule has 0 saturated carbocycles. The monoisotopic (exact) mass is 356 g/mol. The van der Waals surface area contributed by atoms with Crippen LogP contribution < -0.4 is 9.47 Å². The van der Waals surface area contributed by atoms with Gasteiger partial charge < -0.3 is 14.2 Å². The molecule has 5 nitrogen and oxygen atoms in total. The summed E-state index contributed by atoms with van der Waals surface area (Å²) in [5.41, 5.74) is 0.612. The molecule has 0 fully saturated rings. The van der Waals surface area contributed by atoms with E-state index < -0.39 is 11.8 Å². The smallest absolute Gasteiger partial charge is 0.344 e. The third-order valence-electron chi connectivity index (χ3n) is 3.56. The van der Waals surface area contributed by atoms with Gasteiger partial charge in [-0.1, -0.05) is 18.2 Å². The molecule has 0 amide bonds.